The number of likely N-dealkylation sites (tertiary alicyclic amines) is 1. The molecule has 8 heteroatoms. The molecule has 4 heterocycles. The average Bonchev–Trinajstić information content (AvgIpc) is 3.42. The third-order valence-electron chi connectivity index (χ3n) is 4.61. The highest BCUT2D eigenvalue weighted by atomic mass is 16.5. The van der Waals surface area contributed by atoms with E-state index in [1.54, 1.807) is 28.0 Å². The molecule has 0 aromatic carbocycles. The van der Waals surface area contributed by atoms with Crippen molar-refractivity contribution in [3.8, 4) is 11.5 Å². The topological polar surface area (TPSA) is 89.0 Å². The third kappa shape index (κ3) is 3.05. The minimum absolute atomic E-state index is 0.0103. The Kier molecular flexibility index (Phi) is 4.27. The van der Waals surface area contributed by atoms with Crippen molar-refractivity contribution in [2.75, 3.05) is 32.8 Å². The van der Waals surface area contributed by atoms with Crippen LogP contribution in [0.2, 0.25) is 0 Å². The molecule has 0 bridgehead atoms. The molecule has 0 unspecified atom stereocenters. The lowest BCUT2D eigenvalue weighted by Crippen LogP contribution is -2.51. The first-order chi connectivity index (χ1) is 12.2. The smallest absolute Gasteiger partial charge is 0.276 e. The first kappa shape index (κ1) is 15.9. The standard InChI is InChI=1S/C17H19N3O5/c21-16(12-11-15(25-18-12)14-4-2-8-24-14)20-5-1-3-13(20)17(22)19-6-9-23-10-7-19/h2,4,8,11,13H,1,3,5-7,9-10H2/t13-/m1/s1. The Labute approximate surface area is 144 Å². The maximum Gasteiger partial charge on any atom is 0.276 e. The van der Waals surface area contributed by atoms with Gasteiger partial charge in [-0.15, -0.1) is 0 Å². The molecule has 2 amide bonds. The van der Waals surface area contributed by atoms with E-state index >= 15 is 0 Å². The van der Waals surface area contributed by atoms with Crippen LogP contribution in [0.5, 0.6) is 0 Å². The van der Waals surface area contributed by atoms with Gasteiger partial charge in [-0.05, 0) is 25.0 Å². The second-order valence-electron chi connectivity index (χ2n) is 6.15. The van der Waals surface area contributed by atoms with Gasteiger partial charge in [0.2, 0.25) is 11.7 Å². The number of morpholine rings is 1. The van der Waals surface area contributed by atoms with Gasteiger partial charge in [0.25, 0.3) is 5.91 Å². The van der Waals surface area contributed by atoms with E-state index in [2.05, 4.69) is 5.16 Å². The summed E-state index contributed by atoms with van der Waals surface area (Å²) >= 11 is 0. The van der Waals surface area contributed by atoms with Crippen LogP contribution in [0.25, 0.3) is 11.5 Å². The molecule has 2 aliphatic rings. The zero-order chi connectivity index (χ0) is 17.2. The number of nitrogens with zero attached hydrogens (tertiary/aromatic N) is 3. The van der Waals surface area contributed by atoms with Gasteiger partial charge in [0.15, 0.2) is 11.5 Å². The lowest BCUT2D eigenvalue weighted by molar-refractivity contribution is -0.139. The molecule has 0 radical (unpaired) electrons. The molecule has 2 aliphatic heterocycles. The minimum atomic E-state index is -0.436. The van der Waals surface area contributed by atoms with Crippen LogP contribution in [-0.2, 0) is 9.53 Å². The molecule has 2 fully saturated rings. The van der Waals surface area contributed by atoms with Crippen molar-refractivity contribution in [1.29, 1.82) is 0 Å². The minimum Gasteiger partial charge on any atom is -0.461 e. The normalized spacial score (nSPS) is 20.9. The molecule has 0 saturated carbocycles. The molecule has 2 aromatic heterocycles. The van der Waals surface area contributed by atoms with E-state index < -0.39 is 6.04 Å². The molecule has 132 valence electrons. The fourth-order valence-corrected chi connectivity index (χ4v) is 3.32. The van der Waals surface area contributed by atoms with Crippen molar-refractivity contribution in [3.63, 3.8) is 0 Å². The van der Waals surface area contributed by atoms with E-state index in [9.17, 15) is 9.59 Å². The number of carbonyl (C=O) groups is 2. The van der Waals surface area contributed by atoms with Crippen molar-refractivity contribution in [1.82, 2.24) is 15.0 Å². The lowest BCUT2D eigenvalue weighted by Gasteiger charge is -2.32. The van der Waals surface area contributed by atoms with Crippen LogP contribution < -0.4 is 0 Å². The van der Waals surface area contributed by atoms with Gasteiger partial charge in [-0.25, -0.2) is 0 Å². The molecule has 8 nitrogen and oxygen atoms in total. The summed E-state index contributed by atoms with van der Waals surface area (Å²) in [6.07, 6.45) is 3.00. The van der Waals surface area contributed by atoms with Crippen LogP contribution in [0.1, 0.15) is 23.3 Å². The third-order valence-corrected chi connectivity index (χ3v) is 4.61. The van der Waals surface area contributed by atoms with E-state index in [0.29, 0.717) is 50.8 Å². The summed E-state index contributed by atoms with van der Waals surface area (Å²) in [6.45, 7) is 2.78. The van der Waals surface area contributed by atoms with Crippen LogP contribution >= 0.6 is 0 Å². The van der Waals surface area contributed by atoms with Crippen molar-refractivity contribution < 1.29 is 23.3 Å². The number of aromatic nitrogens is 1. The van der Waals surface area contributed by atoms with Crippen molar-refractivity contribution >= 4 is 11.8 Å². The lowest BCUT2D eigenvalue weighted by atomic mass is 10.1. The Bertz CT molecular complexity index is 748. The quantitative estimate of drug-likeness (QED) is 0.835. The summed E-state index contributed by atoms with van der Waals surface area (Å²) in [5.74, 6) is 0.604. The van der Waals surface area contributed by atoms with E-state index in [1.165, 1.54) is 6.26 Å². The number of rotatable bonds is 3. The monoisotopic (exact) mass is 345 g/mol. The zero-order valence-corrected chi connectivity index (χ0v) is 13.7. The number of carbonyl (C=O) groups excluding carboxylic acids is 2. The first-order valence-electron chi connectivity index (χ1n) is 8.42. The summed E-state index contributed by atoms with van der Waals surface area (Å²) in [5, 5.41) is 3.85. The van der Waals surface area contributed by atoms with Crippen LogP contribution in [0, 0.1) is 0 Å². The van der Waals surface area contributed by atoms with Crippen LogP contribution in [-0.4, -0.2) is 65.7 Å². The van der Waals surface area contributed by atoms with Crippen molar-refractivity contribution in [3.05, 3.63) is 30.2 Å². The van der Waals surface area contributed by atoms with Crippen molar-refractivity contribution in [2.24, 2.45) is 0 Å². The SMILES string of the molecule is O=C([C@H]1CCCN1C(=O)c1cc(-c2ccco2)on1)N1CCOCC1. The van der Waals surface area contributed by atoms with Gasteiger partial charge >= 0.3 is 0 Å². The van der Waals surface area contributed by atoms with Gasteiger partial charge < -0.3 is 23.5 Å². The fraction of sp³-hybridized carbons (Fsp3) is 0.471. The predicted molar refractivity (Wildman–Crippen MR) is 85.7 cm³/mol. The predicted octanol–water partition coefficient (Wildman–Crippen LogP) is 1.40. The van der Waals surface area contributed by atoms with Gasteiger partial charge in [0.05, 0.1) is 19.5 Å². The molecule has 4 rings (SSSR count). The Balaban J connectivity index is 1.50. The van der Waals surface area contributed by atoms with Gasteiger partial charge in [-0.3, -0.25) is 9.59 Å². The van der Waals surface area contributed by atoms with Crippen LogP contribution in [0.4, 0.5) is 0 Å². The molecule has 2 saturated heterocycles. The number of hydrogen-bond donors (Lipinski definition) is 0. The van der Waals surface area contributed by atoms with Gasteiger partial charge in [0.1, 0.15) is 6.04 Å². The largest absolute Gasteiger partial charge is 0.461 e. The fourth-order valence-electron chi connectivity index (χ4n) is 3.32. The average molecular weight is 345 g/mol. The molecule has 2 aromatic rings. The van der Waals surface area contributed by atoms with E-state index in [-0.39, 0.29) is 17.5 Å². The Hall–Kier alpha value is -2.61. The van der Waals surface area contributed by atoms with Gasteiger partial charge in [0, 0.05) is 25.7 Å². The second kappa shape index (κ2) is 6.72. The Morgan fingerprint density at radius 3 is 2.76 bits per heavy atom. The summed E-state index contributed by atoms with van der Waals surface area (Å²) in [5.41, 5.74) is 0.188. The highest BCUT2D eigenvalue weighted by Gasteiger charge is 2.38. The van der Waals surface area contributed by atoms with E-state index in [1.807, 2.05) is 0 Å². The molecule has 0 spiro atoms. The first-order valence-corrected chi connectivity index (χ1v) is 8.42. The molecular weight excluding hydrogens is 326 g/mol. The Morgan fingerprint density at radius 2 is 2.00 bits per heavy atom. The number of hydrogen-bond acceptors (Lipinski definition) is 6. The highest BCUT2D eigenvalue weighted by molar-refractivity contribution is 5.97. The molecule has 25 heavy (non-hydrogen) atoms. The van der Waals surface area contributed by atoms with Crippen molar-refractivity contribution in [2.45, 2.75) is 18.9 Å². The summed E-state index contributed by atoms with van der Waals surface area (Å²) < 4.78 is 15.7. The maximum atomic E-state index is 12.8. The highest BCUT2D eigenvalue weighted by Crippen LogP contribution is 2.25. The molecular formula is C17H19N3O5. The number of furan rings is 1. The van der Waals surface area contributed by atoms with Crippen LogP contribution in [0.15, 0.2) is 33.4 Å². The zero-order valence-electron chi connectivity index (χ0n) is 13.7. The Morgan fingerprint density at radius 1 is 1.16 bits per heavy atom. The van der Waals surface area contributed by atoms with Gasteiger partial charge in [-0.2, -0.15) is 0 Å². The summed E-state index contributed by atoms with van der Waals surface area (Å²) in [4.78, 5) is 28.9. The molecule has 0 N–H and O–H groups in total. The molecule has 0 aliphatic carbocycles. The number of ether oxygens (including phenoxy) is 1. The van der Waals surface area contributed by atoms with Crippen LogP contribution in [0.3, 0.4) is 0 Å². The second-order valence-corrected chi connectivity index (χ2v) is 6.15. The van der Waals surface area contributed by atoms with E-state index in [0.717, 1.165) is 6.42 Å². The van der Waals surface area contributed by atoms with E-state index in [4.69, 9.17) is 13.7 Å². The number of amides is 2. The molecule has 1 atom stereocenters. The maximum absolute atomic E-state index is 12.8. The van der Waals surface area contributed by atoms with Gasteiger partial charge in [-0.1, -0.05) is 5.16 Å². The summed E-state index contributed by atoms with van der Waals surface area (Å²) in [7, 11) is 0. The summed E-state index contributed by atoms with van der Waals surface area (Å²) in [6, 6.07) is 4.58.